The lowest BCUT2D eigenvalue weighted by atomic mass is 10.0. The largest absolute Gasteiger partial charge is 0.445 e. The molecule has 0 aliphatic carbocycles. The molecule has 0 radical (unpaired) electrons. The van der Waals surface area contributed by atoms with Crippen molar-refractivity contribution in [3.05, 3.63) is 58.3 Å². The first-order valence-electron chi connectivity index (χ1n) is 8.66. The topological polar surface area (TPSA) is 114 Å². The van der Waals surface area contributed by atoms with Crippen LogP contribution in [0, 0.1) is 0 Å². The number of alkyl carbamates (subject to hydrolysis) is 1. The molecule has 9 heteroatoms. The Morgan fingerprint density at radius 2 is 2.00 bits per heavy atom. The van der Waals surface area contributed by atoms with Gasteiger partial charge in [0.25, 0.3) is 5.91 Å². The second-order valence-corrected chi connectivity index (χ2v) is 6.95. The highest BCUT2D eigenvalue weighted by Crippen LogP contribution is 2.18. The van der Waals surface area contributed by atoms with E-state index < -0.39 is 35.8 Å². The third-order valence-corrected chi connectivity index (χ3v) is 4.89. The van der Waals surface area contributed by atoms with Crippen LogP contribution in [0.25, 0.3) is 0 Å². The van der Waals surface area contributed by atoms with Gasteiger partial charge in [0.15, 0.2) is 0 Å². The van der Waals surface area contributed by atoms with Gasteiger partial charge in [-0.1, -0.05) is 30.3 Å². The monoisotopic (exact) mass is 401 g/mol. The zero-order valence-electron chi connectivity index (χ0n) is 14.8. The molecule has 0 spiro atoms. The third kappa shape index (κ3) is 4.95. The smallest absolute Gasteiger partial charge is 0.408 e. The van der Waals surface area contributed by atoms with Crippen molar-refractivity contribution >= 4 is 35.0 Å². The molecule has 0 saturated carbocycles. The fourth-order valence-electron chi connectivity index (χ4n) is 2.72. The Morgan fingerprint density at radius 1 is 1.21 bits per heavy atom. The molecule has 8 nitrogen and oxygen atoms in total. The maximum absolute atomic E-state index is 12.7. The number of ketones is 1. The molecule has 2 unspecified atom stereocenters. The minimum Gasteiger partial charge on any atom is -0.445 e. The summed E-state index contributed by atoms with van der Waals surface area (Å²) in [6, 6.07) is 8.89. The summed E-state index contributed by atoms with van der Waals surface area (Å²) in [4.78, 5) is 48.3. The van der Waals surface area contributed by atoms with Gasteiger partial charge in [-0.05, 0) is 34.4 Å². The van der Waals surface area contributed by atoms with E-state index in [1.807, 2.05) is 30.3 Å². The minimum atomic E-state index is -1.03. The molecule has 1 aromatic carbocycles. The van der Waals surface area contributed by atoms with Gasteiger partial charge < -0.3 is 20.7 Å². The lowest BCUT2D eigenvalue weighted by Gasteiger charge is -2.24. The summed E-state index contributed by atoms with van der Waals surface area (Å²) in [6.07, 6.45) is -0.464. The molecule has 2 atom stereocenters. The quantitative estimate of drug-likeness (QED) is 0.631. The number of Topliss-reactive ketones (excluding diaryl/α,β-unsaturated/α-hetero) is 1. The third-order valence-electron chi connectivity index (χ3n) is 4.19. The molecule has 0 bridgehead atoms. The summed E-state index contributed by atoms with van der Waals surface area (Å²) in [5.74, 6) is -2.00. The fourth-order valence-corrected chi connectivity index (χ4v) is 3.41. The Morgan fingerprint density at radius 3 is 2.71 bits per heavy atom. The van der Waals surface area contributed by atoms with E-state index in [9.17, 15) is 19.2 Å². The van der Waals surface area contributed by atoms with E-state index in [0.29, 0.717) is 18.5 Å². The molecule has 1 aromatic heterocycles. The Labute approximate surface area is 165 Å². The van der Waals surface area contributed by atoms with Gasteiger partial charge in [-0.3, -0.25) is 14.4 Å². The zero-order chi connectivity index (χ0) is 19.9. The van der Waals surface area contributed by atoms with Crippen LogP contribution in [-0.4, -0.2) is 36.3 Å². The van der Waals surface area contributed by atoms with E-state index in [1.165, 1.54) is 11.3 Å². The molecule has 28 heavy (non-hydrogen) atoms. The van der Waals surface area contributed by atoms with Gasteiger partial charge >= 0.3 is 6.09 Å². The number of carbonyl (C=O) groups is 4. The lowest BCUT2D eigenvalue weighted by molar-refractivity contribution is -0.141. The second kappa shape index (κ2) is 9.14. The lowest BCUT2D eigenvalue weighted by Crippen LogP contribution is -2.55. The van der Waals surface area contributed by atoms with E-state index in [0.717, 1.165) is 5.56 Å². The van der Waals surface area contributed by atoms with Crippen LogP contribution in [0.15, 0.2) is 47.2 Å². The van der Waals surface area contributed by atoms with Gasteiger partial charge in [0.05, 0.1) is 6.04 Å². The number of ether oxygens (including phenoxy) is 1. The zero-order valence-corrected chi connectivity index (χ0v) is 15.7. The van der Waals surface area contributed by atoms with Crippen molar-refractivity contribution in [2.75, 3.05) is 6.54 Å². The summed E-state index contributed by atoms with van der Waals surface area (Å²) < 4.78 is 5.18. The molecule has 1 fully saturated rings. The molecule has 1 aliphatic heterocycles. The van der Waals surface area contributed by atoms with Gasteiger partial charge in [-0.15, -0.1) is 0 Å². The Hall–Kier alpha value is -3.20. The molecular formula is C19H19N3O5S. The van der Waals surface area contributed by atoms with Crippen LogP contribution >= 0.6 is 11.3 Å². The maximum atomic E-state index is 12.7. The number of thiophene rings is 1. The van der Waals surface area contributed by atoms with Crippen molar-refractivity contribution in [3.63, 3.8) is 0 Å². The van der Waals surface area contributed by atoms with Crippen LogP contribution in [0.1, 0.15) is 23.6 Å². The Bertz CT molecular complexity index is 854. The van der Waals surface area contributed by atoms with Crippen LogP contribution in [-0.2, 0) is 25.7 Å². The average Bonchev–Trinajstić information content (AvgIpc) is 3.23. The molecular weight excluding hydrogens is 382 g/mol. The number of carbonyl (C=O) groups excluding carboxylic acids is 4. The fraction of sp³-hybridized carbons (Fsp3) is 0.263. The molecule has 1 aliphatic rings. The standard InChI is InChI=1S/C19H19N3O5S/c23-16-14(6-8-20-18(16)25)21-17(24)15(13-7-9-28-11-13)22-19(26)27-10-12-4-2-1-3-5-12/h1-5,7,9,11,14-15H,6,8,10H2,(H,20,25)(H,21,24)(H,22,26). The van der Waals surface area contributed by atoms with Crippen LogP contribution in [0.5, 0.6) is 0 Å². The van der Waals surface area contributed by atoms with E-state index in [4.69, 9.17) is 4.74 Å². The molecule has 3 rings (SSSR count). The first kappa shape index (κ1) is 19.6. The van der Waals surface area contributed by atoms with Gasteiger partial charge in [0.2, 0.25) is 11.7 Å². The molecule has 3 N–H and O–H groups in total. The molecule has 2 aromatic rings. The number of rotatable bonds is 6. The first-order chi connectivity index (χ1) is 13.5. The predicted octanol–water partition coefficient (Wildman–Crippen LogP) is 1.29. The van der Waals surface area contributed by atoms with Crippen molar-refractivity contribution < 1.29 is 23.9 Å². The summed E-state index contributed by atoms with van der Waals surface area (Å²) in [5, 5.41) is 11.0. The number of amides is 3. The van der Waals surface area contributed by atoms with Crippen molar-refractivity contribution in [2.24, 2.45) is 0 Å². The van der Waals surface area contributed by atoms with Crippen molar-refractivity contribution in [3.8, 4) is 0 Å². The van der Waals surface area contributed by atoms with Crippen molar-refractivity contribution in [2.45, 2.75) is 25.1 Å². The van der Waals surface area contributed by atoms with Gasteiger partial charge in [0, 0.05) is 6.54 Å². The van der Waals surface area contributed by atoms with E-state index in [2.05, 4.69) is 16.0 Å². The van der Waals surface area contributed by atoms with Crippen molar-refractivity contribution in [1.82, 2.24) is 16.0 Å². The van der Waals surface area contributed by atoms with Crippen LogP contribution in [0.3, 0.4) is 0 Å². The van der Waals surface area contributed by atoms with Crippen LogP contribution < -0.4 is 16.0 Å². The number of hydrogen-bond donors (Lipinski definition) is 3. The minimum absolute atomic E-state index is 0.0614. The number of hydrogen-bond acceptors (Lipinski definition) is 6. The normalized spacial score (nSPS) is 17.4. The summed E-state index contributed by atoms with van der Waals surface area (Å²) in [7, 11) is 0. The van der Waals surface area contributed by atoms with Crippen LogP contribution in [0.4, 0.5) is 4.79 Å². The molecule has 2 heterocycles. The van der Waals surface area contributed by atoms with Crippen LogP contribution in [0.2, 0.25) is 0 Å². The SMILES string of the molecule is O=C(NC(C(=O)NC1CCNC(=O)C1=O)c1ccsc1)OCc1ccccc1. The van der Waals surface area contributed by atoms with E-state index >= 15 is 0 Å². The number of benzene rings is 1. The predicted molar refractivity (Wildman–Crippen MR) is 101 cm³/mol. The van der Waals surface area contributed by atoms with Gasteiger partial charge in [0.1, 0.15) is 12.6 Å². The second-order valence-electron chi connectivity index (χ2n) is 6.17. The Kier molecular flexibility index (Phi) is 6.38. The van der Waals surface area contributed by atoms with Gasteiger partial charge in [-0.25, -0.2) is 4.79 Å². The first-order valence-corrected chi connectivity index (χ1v) is 9.60. The summed E-state index contributed by atoms with van der Waals surface area (Å²) >= 11 is 1.37. The number of piperidine rings is 1. The average molecular weight is 401 g/mol. The van der Waals surface area contributed by atoms with E-state index in [-0.39, 0.29) is 6.61 Å². The number of nitrogens with one attached hydrogen (secondary N) is 3. The summed E-state index contributed by atoms with van der Waals surface area (Å²) in [6.45, 7) is 0.358. The Balaban J connectivity index is 1.64. The summed E-state index contributed by atoms with van der Waals surface area (Å²) in [5.41, 5.74) is 1.37. The molecule has 146 valence electrons. The van der Waals surface area contributed by atoms with E-state index in [1.54, 1.807) is 16.8 Å². The highest BCUT2D eigenvalue weighted by Gasteiger charge is 2.33. The molecule has 1 saturated heterocycles. The van der Waals surface area contributed by atoms with Crippen molar-refractivity contribution in [1.29, 1.82) is 0 Å². The highest BCUT2D eigenvalue weighted by atomic mass is 32.1. The highest BCUT2D eigenvalue weighted by molar-refractivity contribution is 7.08. The maximum Gasteiger partial charge on any atom is 0.408 e. The molecule has 3 amide bonds. The van der Waals surface area contributed by atoms with Gasteiger partial charge in [-0.2, -0.15) is 11.3 Å².